The fourth-order valence-electron chi connectivity index (χ4n) is 6.81. The fraction of sp³-hybridized carbons (Fsp3) is 0.736. The lowest BCUT2D eigenvalue weighted by atomic mass is 10.0. The second-order valence-corrected chi connectivity index (χ2v) is 16.2. The van der Waals surface area contributed by atoms with Crippen molar-refractivity contribution in [1.29, 1.82) is 0 Å². The van der Waals surface area contributed by atoms with Crippen LogP contribution in [0.5, 0.6) is 0 Å². The molecule has 0 aliphatic carbocycles. The monoisotopic (exact) mass is 809 g/mol. The molecule has 0 aliphatic rings. The van der Waals surface area contributed by atoms with Crippen molar-refractivity contribution in [2.45, 2.75) is 238 Å². The van der Waals surface area contributed by atoms with E-state index in [-0.39, 0.29) is 25.2 Å². The zero-order chi connectivity index (χ0) is 42.1. The molecular formula is C53H92O5. The van der Waals surface area contributed by atoms with Gasteiger partial charge >= 0.3 is 11.9 Å². The molecule has 1 atom stereocenters. The second-order valence-electron chi connectivity index (χ2n) is 16.2. The Bertz CT molecular complexity index is 1050. The van der Waals surface area contributed by atoms with Crippen LogP contribution in [0.1, 0.15) is 232 Å². The summed E-state index contributed by atoms with van der Waals surface area (Å²) in [7, 11) is 0. The van der Waals surface area contributed by atoms with Crippen LogP contribution in [0.25, 0.3) is 0 Å². The van der Waals surface area contributed by atoms with Crippen LogP contribution in [-0.4, -0.2) is 36.4 Å². The predicted octanol–water partition coefficient (Wildman–Crippen LogP) is 16.1. The van der Waals surface area contributed by atoms with Crippen molar-refractivity contribution in [3.8, 4) is 0 Å². The van der Waals surface area contributed by atoms with E-state index in [1.54, 1.807) is 0 Å². The van der Waals surface area contributed by atoms with Crippen molar-refractivity contribution >= 4 is 11.9 Å². The zero-order valence-electron chi connectivity index (χ0n) is 38.0. The third-order valence-corrected chi connectivity index (χ3v) is 10.5. The Hall–Kier alpha value is -2.66. The van der Waals surface area contributed by atoms with E-state index < -0.39 is 6.10 Å². The number of carbonyl (C=O) groups excluding carboxylic acids is 2. The second kappa shape index (κ2) is 48.7. The van der Waals surface area contributed by atoms with Crippen LogP contribution < -0.4 is 0 Å². The van der Waals surface area contributed by atoms with Gasteiger partial charge in [0.05, 0.1) is 6.61 Å². The number of aliphatic hydroxyl groups is 1. The van der Waals surface area contributed by atoms with Crippen LogP contribution in [0.15, 0.2) is 72.9 Å². The quantitative estimate of drug-likeness (QED) is 0.0377. The number of aliphatic hydroxyl groups excluding tert-OH is 1. The summed E-state index contributed by atoms with van der Waals surface area (Å²) in [5.74, 6) is -0.627. The van der Waals surface area contributed by atoms with Crippen LogP contribution in [0.2, 0.25) is 0 Å². The summed E-state index contributed by atoms with van der Waals surface area (Å²) in [4.78, 5) is 24.4. The summed E-state index contributed by atoms with van der Waals surface area (Å²) in [5.41, 5.74) is 0. The van der Waals surface area contributed by atoms with Crippen molar-refractivity contribution in [2.24, 2.45) is 0 Å². The van der Waals surface area contributed by atoms with Crippen LogP contribution >= 0.6 is 0 Å². The average Bonchev–Trinajstić information content (AvgIpc) is 3.23. The molecule has 0 aromatic heterocycles. The summed E-state index contributed by atoms with van der Waals surface area (Å²) in [5, 5.41) is 9.61. The van der Waals surface area contributed by atoms with E-state index in [0.29, 0.717) is 12.8 Å². The van der Waals surface area contributed by atoms with E-state index in [0.717, 1.165) is 77.0 Å². The van der Waals surface area contributed by atoms with Crippen molar-refractivity contribution in [1.82, 2.24) is 0 Å². The van der Waals surface area contributed by atoms with Gasteiger partial charge in [0.1, 0.15) is 6.61 Å². The Morgan fingerprint density at radius 3 is 1.16 bits per heavy atom. The Morgan fingerprint density at radius 1 is 0.414 bits per heavy atom. The van der Waals surface area contributed by atoms with E-state index in [9.17, 15) is 14.7 Å². The number of esters is 2. The van der Waals surface area contributed by atoms with Gasteiger partial charge in [-0.2, -0.15) is 0 Å². The number of unbranched alkanes of at least 4 members (excludes halogenated alkanes) is 24. The highest BCUT2D eigenvalue weighted by Crippen LogP contribution is 2.15. The molecule has 0 saturated carbocycles. The van der Waals surface area contributed by atoms with E-state index >= 15 is 0 Å². The molecule has 0 saturated heterocycles. The molecule has 0 heterocycles. The first-order valence-corrected chi connectivity index (χ1v) is 24.5. The molecule has 0 spiro atoms. The highest BCUT2D eigenvalue weighted by Gasteiger charge is 2.16. The molecule has 0 aromatic carbocycles. The highest BCUT2D eigenvalue weighted by atomic mass is 16.6. The largest absolute Gasteiger partial charge is 0.462 e. The molecule has 1 N–H and O–H groups in total. The molecule has 58 heavy (non-hydrogen) atoms. The number of hydrogen-bond donors (Lipinski definition) is 1. The first-order chi connectivity index (χ1) is 28.6. The van der Waals surface area contributed by atoms with E-state index in [2.05, 4.69) is 86.8 Å². The molecule has 5 heteroatoms. The Labute approximate surface area is 359 Å². The zero-order valence-corrected chi connectivity index (χ0v) is 38.0. The molecule has 5 nitrogen and oxygen atoms in total. The summed E-state index contributed by atoms with van der Waals surface area (Å²) in [6, 6.07) is 0. The van der Waals surface area contributed by atoms with Gasteiger partial charge in [0.2, 0.25) is 0 Å². The van der Waals surface area contributed by atoms with Crippen LogP contribution in [0.4, 0.5) is 0 Å². The van der Waals surface area contributed by atoms with Gasteiger partial charge in [-0.15, -0.1) is 0 Å². The number of allylic oxidation sites excluding steroid dienone is 12. The molecule has 0 radical (unpaired) electrons. The molecule has 0 fully saturated rings. The van der Waals surface area contributed by atoms with Crippen molar-refractivity contribution < 1.29 is 24.2 Å². The third kappa shape index (κ3) is 46.0. The van der Waals surface area contributed by atoms with Crippen molar-refractivity contribution in [3.63, 3.8) is 0 Å². The van der Waals surface area contributed by atoms with Gasteiger partial charge in [-0.25, -0.2) is 0 Å². The summed E-state index contributed by atoms with van der Waals surface area (Å²) in [6.45, 7) is 4.01. The Morgan fingerprint density at radius 2 is 0.741 bits per heavy atom. The standard InChI is InChI=1S/C53H92O5/c1-3-5-7-9-11-13-15-17-19-21-23-24-25-26-27-28-30-31-33-35-37-39-41-43-45-47-52(55)57-50-51(49-54)58-53(56)48-46-44-42-40-38-36-34-32-29-22-20-18-16-14-12-10-8-6-4-2/h6,8,12,14,18,20-21,23,29,32,36,38,51,54H,3-5,7,9-11,13,15-17,19,22,24-28,30-31,33-35,37,39-50H2,1-2H3/b8-6-,14-12-,20-18-,23-21-,32-29-,38-36-. The molecule has 0 bridgehead atoms. The number of carbonyl (C=O) groups is 2. The fourth-order valence-corrected chi connectivity index (χ4v) is 6.81. The average molecular weight is 809 g/mol. The summed E-state index contributed by atoms with van der Waals surface area (Å²) < 4.78 is 10.6. The van der Waals surface area contributed by atoms with Crippen LogP contribution in [0, 0.1) is 0 Å². The van der Waals surface area contributed by atoms with Crippen molar-refractivity contribution in [3.05, 3.63) is 72.9 Å². The SMILES string of the molecule is CC/C=C\C/C=C\C/C=C\C/C=C\C/C=C\CCCCCC(=O)OC(CO)COC(=O)CCCCCCCCCCCCCCC/C=C\CCCCCCCCCC. The highest BCUT2D eigenvalue weighted by molar-refractivity contribution is 5.70. The minimum Gasteiger partial charge on any atom is -0.462 e. The van der Waals surface area contributed by atoms with Crippen LogP contribution in [0.3, 0.4) is 0 Å². The maximum Gasteiger partial charge on any atom is 0.306 e. The Balaban J connectivity index is 3.55. The van der Waals surface area contributed by atoms with Crippen molar-refractivity contribution in [2.75, 3.05) is 13.2 Å². The lowest BCUT2D eigenvalue weighted by molar-refractivity contribution is -0.161. The lowest BCUT2D eigenvalue weighted by Crippen LogP contribution is -2.28. The third-order valence-electron chi connectivity index (χ3n) is 10.5. The van der Waals surface area contributed by atoms with E-state index in [4.69, 9.17) is 9.47 Å². The van der Waals surface area contributed by atoms with Gasteiger partial charge in [-0.3, -0.25) is 9.59 Å². The van der Waals surface area contributed by atoms with E-state index in [1.165, 1.54) is 128 Å². The molecule has 0 amide bonds. The number of hydrogen-bond acceptors (Lipinski definition) is 5. The smallest absolute Gasteiger partial charge is 0.306 e. The molecule has 1 unspecified atom stereocenters. The van der Waals surface area contributed by atoms with Gasteiger partial charge < -0.3 is 14.6 Å². The normalized spacial score (nSPS) is 12.8. The van der Waals surface area contributed by atoms with Gasteiger partial charge in [-0.1, -0.05) is 209 Å². The molecule has 0 rings (SSSR count). The van der Waals surface area contributed by atoms with E-state index in [1.807, 2.05) is 0 Å². The van der Waals surface area contributed by atoms with Gasteiger partial charge in [-0.05, 0) is 83.5 Å². The van der Waals surface area contributed by atoms with Gasteiger partial charge in [0.15, 0.2) is 6.10 Å². The van der Waals surface area contributed by atoms with Crippen LogP contribution in [-0.2, 0) is 19.1 Å². The molecule has 0 aliphatic heterocycles. The topological polar surface area (TPSA) is 72.8 Å². The summed E-state index contributed by atoms with van der Waals surface area (Å²) >= 11 is 0. The lowest BCUT2D eigenvalue weighted by Gasteiger charge is -2.15. The van der Waals surface area contributed by atoms with Gasteiger partial charge in [0.25, 0.3) is 0 Å². The number of ether oxygens (including phenoxy) is 2. The minimum absolute atomic E-state index is 0.0814. The maximum absolute atomic E-state index is 12.2. The first kappa shape index (κ1) is 55.3. The first-order valence-electron chi connectivity index (χ1n) is 24.5. The molecule has 0 aromatic rings. The molecular weight excluding hydrogens is 717 g/mol. The minimum atomic E-state index is -0.792. The molecule has 334 valence electrons. The Kier molecular flexibility index (Phi) is 46.5. The predicted molar refractivity (Wildman–Crippen MR) is 251 cm³/mol. The maximum atomic E-state index is 12.2. The number of rotatable bonds is 44. The summed E-state index contributed by atoms with van der Waals surface area (Å²) in [6.07, 6.45) is 65.6. The van der Waals surface area contributed by atoms with Gasteiger partial charge in [0, 0.05) is 12.8 Å².